The molecule has 0 aliphatic carbocycles. The Morgan fingerprint density at radius 2 is 1.51 bits per heavy atom. The topological polar surface area (TPSA) is 88.7 Å². The van der Waals surface area contributed by atoms with E-state index in [1.807, 2.05) is 88.4 Å². The van der Waals surface area contributed by atoms with Crippen LogP contribution in [0.3, 0.4) is 0 Å². The first-order valence-electron chi connectivity index (χ1n) is 11.6. The summed E-state index contributed by atoms with van der Waals surface area (Å²) in [6.45, 7) is 8.64. The highest BCUT2D eigenvalue weighted by atomic mass is 16.5. The van der Waals surface area contributed by atoms with E-state index in [-0.39, 0.29) is 24.0 Å². The van der Waals surface area contributed by atoms with Crippen LogP contribution >= 0.6 is 0 Å². The highest BCUT2D eigenvalue weighted by molar-refractivity contribution is 6.04. The smallest absolute Gasteiger partial charge is 0.258 e. The molecular formula is C28H33N3O4. The molecule has 0 radical (unpaired) electrons. The van der Waals surface area contributed by atoms with Crippen LogP contribution in [0.1, 0.15) is 43.6 Å². The van der Waals surface area contributed by atoms with Crippen molar-refractivity contribution in [2.75, 3.05) is 23.8 Å². The third kappa shape index (κ3) is 8.37. The maximum absolute atomic E-state index is 12.3. The molecule has 0 spiro atoms. The van der Waals surface area contributed by atoms with Gasteiger partial charge in [0.1, 0.15) is 0 Å². The lowest BCUT2D eigenvalue weighted by atomic mass is 10.1. The highest BCUT2D eigenvalue weighted by Gasteiger charge is 2.15. The molecule has 0 aliphatic rings. The first-order chi connectivity index (χ1) is 16.7. The zero-order valence-electron chi connectivity index (χ0n) is 20.7. The van der Waals surface area contributed by atoms with Crippen LogP contribution in [0, 0.1) is 0 Å². The lowest BCUT2D eigenvalue weighted by molar-refractivity contribution is -0.124. The van der Waals surface area contributed by atoms with E-state index < -0.39 is 0 Å². The zero-order chi connectivity index (χ0) is 25.3. The Labute approximate surface area is 206 Å². The second kappa shape index (κ2) is 11.9. The summed E-state index contributed by atoms with van der Waals surface area (Å²) < 4.78 is 11.4. The number of rotatable bonds is 10. The summed E-state index contributed by atoms with van der Waals surface area (Å²) in [4.78, 5) is 24.4. The number of carbonyl (C=O) groups is 2. The lowest BCUT2D eigenvalue weighted by Gasteiger charge is -2.21. The Morgan fingerprint density at radius 1 is 0.829 bits per heavy atom. The van der Waals surface area contributed by atoms with E-state index in [0.717, 1.165) is 16.9 Å². The molecule has 35 heavy (non-hydrogen) atoms. The number of amides is 2. The van der Waals surface area contributed by atoms with Crippen LogP contribution in [0.25, 0.3) is 0 Å². The van der Waals surface area contributed by atoms with Gasteiger partial charge < -0.3 is 25.4 Å². The molecule has 0 atom stereocenters. The zero-order valence-corrected chi connectivity index (χ0v) is 20.7. The molecule has 0 bridgehead atoms. The van der Waals surface area contributed by atoms with E-state index in [2.05, 4.69) is 16.0 Å². The van der Waals surface area contributed by atoms with E-state index >= 15 is 0 Å². The normalized spacial score (nSPS) is 10.9. The lowest BCUT2D eigenvalue weighted by Crippen LogP contribution is -2.43. The summed E-state index contributed by atoms with van der Waals surface area (Å²) in [5, 5.41) is 9.13. The molecule has 7 nitrogen and oxygen atoms in total. The van der Waals surface area contributed by atoms with Gasteiger partial charge in [0.25, 0.3) is 11.8 Å². The molecule has 0 unspecified atom stereocenters. The van der Waals surface area contributed by atoms with E-state index in [9.17, 15) is 9.59 Å². The standard InChI is InChI=1S/C28H33N3O4/c1-5-34-25-17-20(11-16-24(25)35-19-26(32)31-28(2,3)4)18-29-22-12-14-23(15-13-22)30-27(33)21-9-7-6-8-10-21/h6-17,29H,5,18-19H2,1-4H3,(H,30,33)(H,31,32). The quantitative estimate of drug-likeness (QED) is 0.373. The van der Waals surface area contributed by atoms with Crippen LogP contribution in [0.2, 0.25) is 0 Å². The van der Waals surface area contributed by atoms with Gasteiger partial charge in [-0.05, 0) is 81.8 Å². The fourth-order valence-electron chi connectivity index (χ4n) is 3.32. The molecule has 3 rings (SSSR count). The van der Waals surface area contributed by atoms with E-state index in [1.165, 1.54) is 0 Å². The second-order valence-corrected chi connectivity index (χ2v) is 9.05. The molecule has 0 saturated heterocycles. The summed E-state index contributed by atoms with van der Waals surface area (Å²) in [6, 6.07) is 22.3. The number of hydrogen-bond acceptors (Lipinski definition) is 5. The minimum absolute atomic E-state index is 0.0812. The van der Waals surface area contributed by atoms with Gasteiger partial charge in [0.15, 0.2) is 18.1 Å². The van der Waals surface area contributed by atoms with E-state index in [4.69, 9.17) is 9.47 Å². The minimum Gasteiger partial charge on any atom is -0.490 e. The van der Waals surface area contributed by atoms with Crippen molar-refractivity contribution in [2.45, 2.75) is 39.8 Å². The summed E-state index contributed by atoms with van der Waals surface area (Å²) >= 11 is 0. The molecule has 0 aromatic heterocycles. The first kappa shape index (κ1) is 25.6. The van der Waals surface area contributed by atoms with Crippen molar-refractivity contribution in [3.05, 3.63) is 83.9 Å². The summed E-state index contributed by atoms with van der Waals surface area (Å²) in [7, 11) is 0. The van der Waals surface area contributed by atoms with Gasteiger partial charge >= 0.3 is 0 Å². The minimum atomic E-state index is -0.315. The molecule has 7 heteroatoms. The summed E-state index contributed by atoms with van der Waals surface area (Å²) in [6.07, 6.45) is 0. The van der Waals surface area contributed by atoms with Gasteiger partial charge in [-0.25, -0.2) is 0 Å². The molecule has 0 fully saturated rings. The Hall–Kier alpha value is -4.00. The van der Waals surface area contributed by atoms with Crippen molar-refractivity contribution in [1.29, 1.82) is 0 Å². The first-order valence-corrected chi connectivity index (χ1v) is 11.6. The fourth-order valence-corrected chi connectivity index (χ4v) is 3.32. The maximum Gasteiger partial charge on any atom is 0.258 e. The predicted octanol–water partition coefficient (Wildman–Crippen LogP) is 5.24. The number of carbonyl (C=O) groups excluding carboxylic acids is 2. The van der Waals surface area contributed by atoms with E-state index in [1.54, 1.807) is 12.1 Å². The average Bonchev–Trinajstić information content (AvgIpc) is 2.82. The number of nitrogens with one attached hydrogen (secondary N) is 3. The van der Waals surface area contributed by atoms with E-state index in [0.29, 0.717) is 30.2 Å². The van der Waals surface area contributed by atoms with Crippen LogP contribution in [-0.4, -0.2) is 30.6 Å². The third-order valence-corrected chi connectivity index (χ3v) is 4.86. The largest absolute Gasteiger partial charge is 0.490 e. The van der Waals surface area contributed by atoms with Gasteiger partial charge in [0.2, 0.25) is 0 Å². The van der Waals surface area contributed by atoms with Crippen LogP contribution in [0.4, 0.5) is 11.4 Å². The van der Waals surface area contributed by atoms with Crippen molar-refractivity contribution < 1.29 is 19.1 Å². The molecular weight excluding hydrogens is 442 g/mol. The van der Waals surface area contributed by atoms with Crippen molar-refractivity contribution in [1.82, 2.24) is 5.32 Å². The van der Waals surface area contributed by atoms with Gasteiger partial charge in [-0.2, -0.15) is 0 Å². The Kier molecular flexibility index (Phi) is 8.73. The molecule has 184 valence electrons. The van der Waals surface area contributed by atoms with Crippen molar-refractivity contribution in [2.24, 2.45) is 0 Å². The molecule has 3 aromatic carbocycles. The molecule has 2 amide bonds. The molecule has 0 heterocycles. The maximum atomic E-state index is 12.3. The highest BCUT2D eigenvalue weighted by Crippen LogP contribution is 2.29. The van der Waals surface area contributed by atoms with Crippen LogP contribution in [0.5, 0.6) is 11.5 Å². The third-order valence-electron chi connectivity index (χ3n) is 4.86. The number of hydrogen-bond donors (Lipinski definition) is 3. The number of benzene rings is 3. The van der Waals surface area contributed by atoms with Crippen molar-refractivity contribution in [3.63, 3.8) is 0 Å². The number of anilines is 2. The van der Waals surface area contributed by atoms with Crippen molar-refractivity contribution in [3.8, 4) is 11.5 Å². The molecule has 0 aliphatic heterocycles. The van der Waals surface area contributed by atoms with Gasteiger partial charge in [0.05, 0.1) is 6.61 Å². The monoisotopic (exact) mass is 475 g/mol. The van der Waals surface area contributed by atoms with Crippen LogP contribution in [-0.2, 0) is 11.3 Å². The Bertz CT molecular complexity index is 1120. The van der Waals surface area contributed by atoms with Crippen LogP contribution < -0.4 is 25.4 Å². The van der Waals surface area contributed by atoms with Gasteiger partial charge in [-0.1, -0.05) is 24.3 Å². The van der Waals surface area contributed by atoms with Gasteiger partial charge in [-0.3, -0.25) is 9.59 Å². The van der Waals surface area contributed by atoms with Crippen molar-refractivity contribution >= 4 is 23.2 Å². The number of ether oxygens (including phenoxy) is 2. The average molecular weight is 476 g/mol. The Morgan fingerprint density at radius 3 is 2.17 bits per heavy atom. The fraction of sp³-hybridized carbons (Fsp3) is 0.286. The Balaban J connectivity index is 1.56. The summed E-state index contributed by atoms with van der Waals surface area (Å²) in [5.41, 5.74) is 2.94. The van der Waals surface area contributed by atoms with Gasteiger partial charge in [0, 0.05) is 29.0 Å². The predicted molar refractivity (Wildman–Crippen MR) is 139 cm³/mol. The molecule has 3 N–H and O–H groups in total. The molecule has 3 aromatic rings. The second-order valence-electron chi connectivity index (χ2n) is 9.05. The van der Waals surface area contributed by atoms with Crippen LogP contribution in [0.15, 0.2) is 72.8 Å². The van der Waals surface area contributed by atoms with Gasteiger partial charge in [-0.15, -0.1) is 0 Å². The summed E-state index contributed by atoms with van der Waals surface area (Å²) in [5.74, 6) is 0.787. The SMILES string of the molecule is CCOc1cc(CNc2ccc(NC(=O)c3ccccc3)cc2)ccc1OCC(=O)NC(C)(C)C. The molecule has 0 saturated carbocycles.